The molecule has 1 saturated heterocycles. The molecule has 8 heteroatoms. The minimum absolute atomic E-state index is 0.0716. The van der Waals surface area contributed by atoms with Gasteiger partial charge in [-0.2, -0.15) is 0 Å². The summed E-state index contributed by atoms with van der Waals surface area (Å²) in [6.07, 6.45) is 3.86. The number of nitro benzene ring substituents is 1. The highest BCUT2D eigenvalue weighted by Crippen LogP contribution is 2.31. The van der Waals surface area contributed by atoms with Gasteiger partial charge in [0.1, 0.15) is 0 Å². The molecule has 0 bridgehead atoms. The highest BCUT2D eigenvalue weighted by Gasteiger charge is 2.28. The number of benzene rings is 3. The van der Waals surface area contributed by atoms with E-state index in [4.69, 9.17) is 0 Å². The first kappa shape index (κ1) is 25.0. The minimum Gasteiger partial charge on any atom is -0.296 e. The van der Waals surface area contributed by atoms with E-state index in [1.807, 2.05) is 24.3 Å². The first-order valence-electron chi connectivity index (χ1n) is 12.0. The molecule has 4 rings (SSSR count). The van der Waals surface area contributed by atoms with E-state index in [0.717, 1.165) is 37.9 Å². The number of sulfonamides is 1. The van der Waals surface area contributed by atoms with Gasteiger partial charge in [-0.25, -0.2) is 13.1 Å². The summed E-state index contributed by atoms with van der Waals surface area (Å²) in [6.45, 7) is 2.10. The van der Waals surface area contributed by atoms with Gasteiger partial charge in [-0.05, 0) is 61.9 Å². The van der Waals surface area contributed by atoms with Crippen LogP contribution in [0.3, 0.4) is 0 Å². The smallest absolute Gasteiger partial charge is 0.289 e. The Bertz CT molecular complexity index is 1210. The normalized spacial score (nSPS) is 16.1. The van der Waals surface area contributed by atoms with Crippen LogP contribution in [-0.4, -0.2) is 37.9 Å². The third kappa shape index (κ3) is 6.54. The summed E-state index contributed by atoms with van der Waals surface area (Å²) < 4.78 is 28.3. The predicted octanol–water partition coefficient (Wildman–Crippen LogP) is 4.96. The molecular formula is C27H31N3O4S. The molecule has 7 nitrogen and oxygen atoms in total. The summed E-state index contributed by atoms with van der Waals surface area (Å²) in [6, 6.07) is 26.2. The number of hydrogen-bond donors (Lipinski definition) is 1. The second kappa shape index (κ2) is 11.6. The van der Waals surface area contributed by atoms with Crippen molar-refractivity contribution in [2.45, 2.75) is 36.6 Å². The molecule has 1 heterocycles. The van der Waals surface area contributed by atoms with E-state index in [1.165, 1.54) is 29.8 Å². The molecule has 0 radical (unpaired) electrons. The molecule has 1 fully saturated rings. The highest BCUT2D eigenvalue weighted by atomic mass is 32.2. The maximum Gasteiger partial charge on any atom is 0.289 e. The third-order valence-corrected chi connectivity index (χ3v) is 8.21. The fourth-order valence-electron chi connectivity index (χ4n) is 4.89. The number of nitrogens with zero attached hydrogens (tertiary/aromatic N) is 2. The zero-order valence-corrected chi connectivity index (χ0v) is 20.4. The van der Waals surface area contributed by atoms with Crippen molar-refractivity contribution < 1.29 is 13.3 Å². The van der Waals surface area contributed by atoms with Gasteiger partial charge >= 0.3 is 0 Å². The Morgan fingerprint density at radius 2 is 1.51 bits per heavy atom. The first-order valence-corrected chi connectivity index (χ1v) is 13.5. The fraction of sp³-hybridized carbons (Fsp3) is 0.333. The summed E-state index contributed by atoms with van der Waals surface area (Å²) >= 11 is 0. The molecule has 1 aliphatic rings. The number of rotatable bonds is 10. The number of piperidine rings is 1. The molecule has 1 unspecified atom stereocenters. The minimum atomic E-state index is -4.00. The number of nitro groups is 1. The van der Waals surface area contributed by atoms with Crippen LogP contribution in [0.15, 0.2) is 89.8 Å². The van der Waals surface area contributed by atoms with Crippen molar-refractivity contribution in [1.82, 2.24) is 9.62 Å². The summed E-state index contributed by atoms with van der Waals surface area (Å²) in [4.78, 5) is 12.8. The van der Waals surface area contributed by atoms with Gasteiger partial charge in [0.2, 0.25) is 10.0 Å². The van der Waals surface area contributed by atoms with Crippen LogP contribution in [-0.2, 0) is 16.4 Å². The highest BCUT2D eigenvalue weighted by molar-refractivity contribution is 7.89. The van der Waals surface area contributed by atoms with Crippen LogP contribution in [0.2, 0.25) is 0 Å². The topological polar surface area (TPSA) is 92.5 Å². The van der Waals surface area contributed by atoms with Gasteiger partial charge in [-0.15, -0.1) is 0 Å². The van der Waals surface area contributed by atoms with Gasteiger partial charge in [0, 0.05) is 18.7 Å². The van der Waals surface area contributed by atoms with Gasteiger partial charge in [-0.3, -0.25) is 15.0 Å². The maximum atomic E-state index is 12.8. The Balaban J connectivity index is 1.41. The van der Waals surface area contributed by atoms with Gasteiger partial charge in [0.25, 0.3) is 5.69 Å². The SMILES string of the molecule is O=[N+]([O-])c1ccccc1S(=O)(=O)NCCC(c1ccccc1)N1CCC(Cc2ccccc2)CC1. The van der Waals surface area contributed by atoms with Gasteiger partial charge in [0.15, 0.2) is 4.90 Å². The summed E-state index contributed by atoms with van der Waals surface area (Å²) in [5, 5.41) is 11.3. The summed E-state index contributed by atoms with van der Waals surface area (Å²) in [5.41, 5.74) is 2.11. The van der Waals surface area contributed by atoms with E-state index in [9.17, 15) is 18.5 Å². The van der Waals surface area contributed by atoms with Crippen molar-refractivity contribution in [3.05, 3.63) is 106 Å². The van der Waals surface area contributed by atoms with E-state index in [2.05, 4.69) is 46.0 Å². The van der Waals surface area contributed by atoms with Gasteiger partial charge in [0.05, 0.1) is 4.92 Å². The molecule has 0 aromatic heterocycles. The molecule has 3 aromatic rings. The number of hydrogen-bond acceptors (Lipinski definition) is 5. The van der Waals surface area contributed by atoms with Crippen molar-refractivity contribution in [1.29, 1.82) is 0 Å². The van der Waals surface area contributed by atoms with E-state index < -0.39 is 20.6 Å². The van der Waals surface area contributed by atoms with Gasteiger partial charge in [-0.1, -0.05) is 72.8 Å². The first-order chi connectivity index (χ1) is 16.9. The number of nitrogens with one attached hydrogen (secondary N) is 1. The van der Waals surface area contributed by atoms with E-state index in [-0.39, 0.29) is 17.5 Å². The third-order valence-electron chi connectivity index (χ3n) is 6.70. The van der Waals surface area contributed by atoms with E-state index in [1.54, 1.807) is 0 Å². The van der Waals surface area contributed by atoms with Crippen molar-refractivity contribution in [2.75, 3.05) is 19.6 Å². The van der Waals surface area contributed by atoms with Crippen LogP contribution in [0.5, 0.6) is 0 Å². The van der Waals surface area contributed by atoms with E-state index >= 15 is 0 Å². The standard InChI is InChI=1S/C27H31N3O4S/c31-30(32)26-13-7-8-14-27(26)35(33,34)28-18-15-25(24-11-5-2-6-12-24)29-19-16-23(17-20-29)21-22-9-3-1-4-10-22/h1-14,23,25,28H,15-21H2. The Morgan fingerprint density at radius 3 is 2.17 bits per heavy atom. The van der Waals surface area contributed by atoms with Crippen molar-refractivity contribution in [3.63, 3.8) is 0 Å². The maximum absolute atomic E-state index is 12.8. The molecule has 0 saturated carbocycles. The number of likely N-dealkylation sites (tertiary alicyclic amines) is 1. The second-order valence-corrected chi connectivity index (χ2v) is 10.7. The quantitative estimate of drug-likeness (QED) is 0.318. The van der Waals surface area contributed by atoms with Gasteiger partial charge < -0.3 is 0 Å². The summed E-state index contributed by atoms with van der Waals surface area (Å²) in [7, 11) is -4.00. The number of para-hydroxylation sites is 1. The predicted molar refractivity (Wildman–Crippen MR) is 137 cm³/mol. The molecular weight excluding hydrogens is 462 g/mol. The fourth-order valence-corrected chi connectivity index (χ4v) is 6.11. The van der Waals surface area contributed by atoms with E-state index in [0.29, 0.717) is 12.3 Å². The van der Waals surface area contributed by atoms with Crippen LogP contribution in [0.25, 0.3) is 0 Å². The molecule has 0 spiro atoms. The Kier molecular flexibility index (Phi) is 8.28. The zero-order chi connectivity index (χ0) is 24.7. The lowest BCUT2D eigenvalue weighted by Crippen LogP contribution is -2.39. The van der Waals surface area contributed by atoms with Crippen LogP contribution in [0.4, 0.5) is 5.69 Å². The van der Waals surface area contributed by atoms with Crippen molar-refractivity contribution >= 4 is 15.7 Å². The lowest BCUT2D eigenvalue weighted by Gasteiger charge is -2.38. The second-order valence-electron chi connectivity index (χ2n) is 9.01. The van der Waals surface area contributed by atoms with Crippen LogP contribution < -0.4 is 4.72 Å². The monoisotopic (exact) mass is 493 g/mol. The molecule has 0 aliphatic carbocycles. The summed E-state index contributed by atoms with van der Waals surface area (Å²) in [5.74, 6) is 0.641. The largest absolute Gasteiger partial charge is 0.296 e. The Hall–Kier alpha value is -3.07. The molecule has 184 valence electrons. The van der Waals surface area contributed by atoms with Crippen LogP contribution in [0.1, 0.15) is 36.4 Å². The average molecular weight is 494 g/mol. The Morgan fingerprint density at radius 1 is 0.914 bits per heavy atom. The molecule has 0 amide bonds. The molecule has 1 atom stereocenters. The molecule has 3 aromatic carbocycles. The molecule has 1 N–H and O–H groups in total. The zero-order valence-electron chi connectivity index (χ0n) is 19.6. The lowest BCUT2D eigenvalue weighted by molar-refractivity contribution is -0.387. The van der Waals surface area contributed by atoms with Crippen molar-refractivity contribution in [2.24, 2.45) is 5.92 Å². The molecule has 1 aliphatic heterocycles. The Labute approximate surface area is 207 Å². The average Bonchev–Trinajstić information content (AvgIpc) is 2.88. The lowest BCUT2D eigenvalue weighted by atomic mass is 9.88. The molecule has 35 heavy (non-hydrogen) atoms. The van der Waals surface area contributed by atoms with Crippen LogP contribution in [0, 0.1) is 16.0 Å². The van der Waals surface area contributed by atoms with Crippen LogP contribution >= 0.6 is 0 Å². The van der Waals surface area contributed by atoms with Crippen molar-refractivity contribution in [3.8, 4) is 0 Å².